The molecule has 1 N–H and O–H groups in total. The van der Waals surface area contributed by atoms with Gasteiger partial charge >= 0.3 is 6.09 Å². The Kier molecular flexibility index (Phi) is 4.15. The molecule has 1 aromatic heterocycles. The molecule has 0 saturated heterocycles. The van der Waals surface area contributed by atoms with Crippen LogP contribution in [-0.4, -0.2) is 16.7 Å². The quantitative estimate of drug-likeness (QED) is 0.882. The molecule has 1 rings (SSSR count). The molecule has 1 atom stereocenters. The van der Waals surface area contributed by atoms with Crippen molar-refractivity contribution < 1.29 is 13.9 Å². The van der Waals surface area contributed by atoms with Gasteiger partial charge in [-0.15, -0.1) is 0 Å². The van der Waals surface area contributed by atoms with Crippen LogP contribution in [0.15, 0.2) is 17.0 Å². The SMILES string of the molecule is CC(C)[C@H](NC(=O)OC(C)(C)C)c1cnco1. The number of hydrogen-bond acceptors (Lipinski definition) is 4. The van der Waals surface area contributed by atoms with E-state index >= 15 is 0 Å². The number of carbonyl (C=O) groups excluding carboxylic acids is 1. The van der Waals surface area contributed by atoms with Crippen molar-refractivity contribution in [1.29, 1.82) is 0 Å². The van der Waals surface area contributed by atoms with E-state index in [0.717, 1.165) is 0 Å². The fraction of sp³-hybridized carbons (Fsp3) is 0.667. The Morgan fingerprint density at radius 2 is 2.12 bits per heavy atom. The fourth-order valence-corrected chi connectivity index (χ4v) is 1.38. The highest BCUT2D eigenvalue weighted by atomic mass is 16.6. The second-order valence-electron chi connectivity index (χ2n) is 5.27. The van der Waals surface area contributed by atoms with Crippen molar-refractivity contribution in [1.82, 2.24) is 10.3 Å². The summed E-state index contributed by atoms with van der Waals surface area (Å²) in [7, 11) is 0. The largest absolute Gasteiger partial charge is 0.446 e. The van der Waals surface area contributed by atoms with Crippen molar-refractivity contribution >= 4 is 6.09 Å². The lowest BCUT2D eigenvalue weighted by Crippen LogP contribution is -2.36. The molecule has 17 heavy (non-hydrogen) atoms. The van der Waals surface area contributed by atoms with Crippen LogP contribution in [0.3, 0.4) is 0 Å². The molecule has 0 fully saturated rings. The summed E-state index contributed by atoms with van der Waals surface area (Å²) in [5.74, 6) is 0.821. The predicted molar refractivity (Wildman–Crippen MR) is 63.5 cm³/mol. The van der Waals surface area contributed by atoms with Crippen molar-refractivity contribution in [3.63, 3.8) is 0 Å². The van der Waals surface area contributed by atoms with Gasteiger partial charge < -0.3 is 14.5 Å². The van der Waals surface area contributed by atoms with E-state index in [-0.39, 0.29) is 12.0 Å². The monoisotopic (exact) mass is 240 g/mol. The topological polar surface area (TPSA) is 64.4 Å². The van der Waals surface area contributed by atoms with Gasteiger partial charge in [-0.25, -0.2) is 9.78 Å². The summed E-state index contributed by atoms with van der Waals surface area (Å²) in [5.41, 5.74) is -0.507. The lowest BCUT2D eigenvalue weighted by atomic mass is 10.0. The van der Waals surface area contributed by atoms with Crippen LogP contribution in [0.5, 0.6) is 0 Å². The normalized spacial score (nSPS) is 13.5. The van der Waals surface area contributed by atoms with E-state index in [9.17, 15) is 4.79 Å². The van der Waals surface area contributed by atoms with E-state index in [4.69, 9.17) is 9.15 Å². The highest BCUT2D eigenvalue weighted by Crippen LogP contribution is 2.21. The zero-order chi connectivity index (χ0) is 13.1. The molecule has 1 amide bonds. The van der Waals surface area contributed by atoms with Crippen LogP contribution in [0.4, 0.5) is 4.79 Å². The van der Waals surface area contributed by atoms with Crippen molar-refractivity contribution in [2.45, 2.75) is 46.3 Å². The van der Waals surface area contributed by atoms with E-state index in [0.29, 0.717) is 5.76 Å². The summed E-state index contributed by atoms with van der Waals surface area (Å²) in [6.07, 6.45) is 2.50. The van der Waals surface area contributed by atoms with Gasteiger partial charge in [0, 0.05) is 0 Å². The maximum atomic E-state index is 11.7. The summed E-state index contributed by atoms with van der Waals surface area (Å²) in [4.78, 5) is 15.5. The Labute approximate surface area is 102 Å². The second-order valence-corrected chi connectivity index (χ2v) is 5.27. The van der Waals surface area contributed by atoms with Crippen LogP contribution >= 0.6 is 0 Å². The summed E-state index contributed by atoms with van der Waals surface area (Å²) >= 11 is 0. The van der Waals surface area contributed by atoms with E-state index in [1.54, 1.807) is 6.20 Å². The van der Waals surface area contributed by atoms with Crippen molar-refractivity contribution in [3.8, 4) is 0 Å². The average molecular weight is 240 g/mol. The Morgan fingerprint density at radius 3 is 2.53 bits per heavy atom. The number of aromatic nitrogens is 1. The smallest absolute Gasteiger partial charge is 0.408 e. The number of amides is 1. The van der Waals surface area contributed by atoms with Gasteiger partial charge in [0.1, 0.15) is 11.4 Å². The van der Waals surface area contributed by atoms with Gasteiger partial charge in [0.2, 0.25) is 0 Å². The minimum atomic E-state index is -0.507. The molecule has 0 unspecified atom stereocenters. The molecule has 0 spiro atoms. The number of ether oxygens (including phenoxy) is 1. The van der Waals surface area contributed by atoms with Crippen LogP contribution in [0, 0.1) is 5.92 Å². The maximum Gasteiger partial charge on any atom is 0.408 e. The predicted octanol–water partition coefficient (Wildman–Crippen LogP) is 2.90. The fourth-order valence-electron chi connectivity index (χ4n) is 1.38. The minimum Gasteiger partial charge on any atom is -0.446 e. The zero-order valence-electron chi connectivity index (χ0n) is 11.0. The van der Waals surface area contributed by atoms with Gasteiger partial charge in [0.05, 0.1) is 12.2 Å². The van der Waals surface area contributed by atoms with Crippen molar-refractivity contribution in [2.75, 3.05) is 0 Å². The number of alkyl carbamates (subject to hydrolysis) is 1. The Bertz CT molecular complexity index is 352. The number of nitrogens with one attached hydrogen (secondary N) is 1. The van der Waals surface area contributed by atoms with Crippen molar-refractivity contribution in [2.24, 2.45) is 5.92 Å². The van der Waals surface area contributed by atoms with Gasteiger partial charge in [0.25, 0.3) is 0 Å². The Morgan fingerprint density at radius 1 is 1.47 bits per heavy atom. The average Bonchev–Trinajstić information content (AvgIpc) is 2.63. The molecule has 1 aromatic rings. The van der Waals surface area contributed by atoms with Gasteiger partial charge in [-0.2, -0.15) is 0 Å². The van der Waals surface area contributed by atoms with Crippen LogP contribution in [-0.2, 0) is 4.74 Å². The van der Waals surface area contributed by atoms with Gasteiger partial charge in [0.15, 0.2) is 6.39 Å². The van der Waals surface area contributed by atoms with E-state index in [1.807, 2.05) is 34.6 Å². The first kappa shape index (κ1) is 13.5. The van der Waals surface area contributed by atoms with Gasteiger partial charge in [-0.3, -0.25) is 0 Å². The second kappa shape index (κ2) is 5.21. The summed E-state index contributed by atoms with van der Waals surface area (Å²) in [5, 5.41) is 2.78. The summed E-state index contributed by atoms with van der Waals surface area (Å²) in [6, 6.07) is -0.229. The van der Waals surface area contributed by atoms with Crippen molar-refractivity contribution in [3.05, 3.63) is 18.4 Å². The molecule has 0 saturated carbocycles. The van der Waals surface area contributed by atoms with Crippen LogP contribution in [0.25, 0.3) is 0 Å². The summed E-state index contributed by atoms with van der Waals surface area (Å²) < 4.78 is 10.4. The van der Waals surface area contributed by atoms with Crippen LogP contribution in [0.2, 0.25) is 0 Å². The lowest BCUT2D eigenvalue weighted by molar-refractivity contribution is 0.0481. The number of rotatable bonds is 3. The third-order valence-corrected chi connectivity index (χ3v) is 2.10. The highest BCUT2D eigenvalue weighted by Gasteiger charge is 2.24. The third kappa shape index (κ3) is 4.46. The lowest BCUT2D eigenvalue weighted by Gasteiger charge is -2.24. The van der Waals surface area contributed by atoms with Crippen LogP contribution < -0.4 is 5.32 Å². The Hall–Kier alpha value is -1.52. The molecule has 96 valence electrons. The Balaban J connectivity index is 2.66. The molecule has 0 aliphatic heterocycles. The minimum absolute atomic E-state index is 0.190. The van der Waals surface area contributed by atoms with Crippen LogP contribution in [0.1, 0.15) is 46.4 Å². The number of carbonyl (C=O) groups is 1. The molecule has 0 radical (unpaired) electrons. The van der Waals surface area contributed by atoms with E-state index in [2.05, 4.69) is 10.3 Å². The number of hydrogen-bond donors (Lipinski definition) is 1. The third-order valence-electron chi connectivity index (χ3n) is 2.10. The first-order valence-electron chi connectivity index (χ1n) is 5.67. The molecule has 5 heteroatoms. The summed E-state index contributed by atoms with van der Waals surface area (Å²) in [6.45, 7) is 9.46. The first-order valence-corrected chi connectivity index (χ1v) is 5.67. The molecule has 1 heterocycles. The molecular formula is C12H20N2O3. The molecule has 5 nitrogen and oxygen atoms in total. The van der Waals surface area contributed by atoms with Gasteiger partial charge in [-0.05, 0) is 26.7 Å². The number of nitrogens with zero attached hydrogens (tertiary/aromatic N) is 1. The molecule has 0 aliphatic rings. The molecule has 0 aromatic carbocycles. The first-order chi connectivity index (χ1) is 7.79. The maximum absolute atomic E-state index is 11.7. The number of oxazole rings is 1. The molecule has 0 aliphatic carbocycles. The zero-order valence-corrected chi connectivity index (χ0v) is 11.0. The van der Waals surface area contributed by atoms with Gasteiger partial charge in [-0.1, -0.05) is 13.8 Å². The molecule has 0 bridgehead atoms. The standard InChI is InChI=1S/C12H20N2O3/c1-8(2)10(9-6-13-7-16-9)14-11(15)17-12(3,4)5/h6-8,10H,1-5H3,(H,14,15)/t10-/m0/s1. The van der Waals surface area contributed by atoms with E-state index in [1.165, 1.54) is 6.39 Å². The molecular weight excluding hydrogens is 220 g/mol. The highest BCUT2D eigenvalue weighted by molar-refractivity contribution is 5.68. The van der Waals surface area contributed by atoms with E-state index < -0.39 is 11.7 Å².